The second kappa shape index (κ2) is 9.51. The Morgan fingerprint density at radius 2 is 1.61 bits per heavy atom. The highest BCUT2D eigenvalue weighted by atomic mass is 35.5. The van der Waals surface area contributed by atoms with Crippen LogP contribution < -0.4 is 15.5 Å². The lowest BCUT2D eigenvalue weighted by atomic mass is 10.1. The van der Waals surface area contributed by atoms with Gasteiger partial charge in [0, 0.05) is 43.1 Å². The van der Waals surface area contributed by atoms with Gasteiger partial charge in [0.2, 0.25) is 0 Å². The fraction of sp³-hybridized carbons (Fsp3) is 0.227. The lowest BCUT2D eigenvalue weighted by Gasteiger charge is -2.32. The number of halogens is 2. The molecule has 2 N–H and O–H groups in total. The number of carbonyl (C=O) groups excluding carboxylic acids is 1. The van der Waals surface area contributed by atoms with Crippen molar-refractivity contribution in [3.05, 3.63) is 64.6 Å². The molecule has 2 aromatic carbocycles. The number of anilines is 3. The van der Waals surface area contributed by atoms with E-state index in [2.05, 4.69) is 37.7 Å². The van der Waals surface area contributed by atoms with Crippen LogP contribution in [-0.4, -0.2) is 54.4 Å². The maximum absolute atomic E-state index is 12.3. The summed E-state index contributed by atoms with van der Waals surface area (Å²) in [6.45, 7) is 3.92. The fourth-order valence-corrected chi connectivity index (χ4v) is 3.61. The van der Waals surface area contributed by atoms with Crippen molar-refractivity contribution in [3.8, 4) is 11.3 Å². The summed E-state index contributed by atoms with van der Waals surface area (Å²) in [4.78, 5) is 16.9. The maximum atomic E-state index is 12.3. The van der Waals surface area contributed by atoms with Crippen LogP contribution in [0.2, 0.25) is 10.0 Å². The van der Waals surface area contributed by atoms with Gasteiger partial charge in [-0.3, -0.25) is 0 Å². The number of urea groups is 1. The van der Waals surface area contributed by atoms with Crippen molar-refractivity contribution in [3.63, 3.8) is 0 Å². The van der Waals surface area contributed by atoms with E-state index in [0.717, 1.165) is 43.3 Å². The van der Waals surface area contributed by atoms with Crippen molar-refractivity contribution in [2.24, 2.45) is 0 Å². The molecule has 31 heavy (non-hydrogen) atoms. The SMILES string of the molecule is CN1CCN(c2ccc(-c3cccc(NC(=O)Nc4ccc(Cl)c(Cl)c4)c3)nn2)CC1. The molecule has 0 unspecified atom stereocenters. The molecular weight excluding hydrogens is 435 g/mol. The highest BCUT2D eigenvalue weighted by molar-refractivity contribution is 6.42. The Balaban J connectivity index is 1.41. The minimum atomic E-state index is -0.382. The van der Waals surface area contributed by atoms with Crippen LogP contribution in [0.15, 0.2) is 54.6 Å². The van der Waals surface area contributed by atoms with Crippen LogP contribution in [0, 0.1) is 0 Å². The summed E-state index contributed by atoms with van der Waals surface area (Å²) >= 11 is 11.9. The second-order valence-electron chi connectivity index (χ2n) is 7.36. The van der Waals surface area contributed by atoms with Crippen LogP contribution >= 0.6 is 23.2 Å². The van der Waals surface area contributed by atoms with E-state index >= 15 is 0 Å². The first-order valence-electron chi connectivity index (χ1n) is 9.89. The average molecular weight is 457 g/mol. The number of aromatic nitrogens is 2. The standard InChI is InChI=1S/C22H22Cl2N6O/c1-29-9-11-30(12-10-29)21-8-7-20(27-28-21)15-3-2-4-16(13-15)25-22(31)26-17-5-6-18(23)19(24)14-17/h2-8,13-14H,9-12H2,1H3,(H2,25,26,31). The Morgan fingerprint density at radius 3 is 2.29 bits per heavy atom. The van der Waals surface area contributed by atoms with E-state index in [0.29, 0.717) is 21.4 Å². The summed E-state index contributed by atoms with van der Waals surface area (Å²) in [5.41, 5.74) is 2.80. The fourth-order valence-electron chi connectivity index (χ4n) is 3.31. The molecule has 0 spiro atoms. The third-order valence-electron chi connectivity index (χ3n) is 5.07. The van der Waals surface area contributed by atoms with Gasteiger partial charge in [0.15, 0.2) is 5.82 Å². The molecular formula is C22H22Cl2N6O. The van der Waals surface area contributed by atoms with Crippen molar-refractivity contribution < 1.29 is 4.79 Å². The first-order valence-corrected chi connectivity index (χ1v) is 10.6. The lowest BCUT2D eigenvalue weighted by molar-refractivity contribution is 0.262. The predicted molar refractivity (Wildman–Crippen MR) is 126 cm³/mol. The number of benzene rings is 2. The smallest absolute Gasteiger partial charge is 0.323 e. The average Bonchev–Trinajstić information content (AvgIpc) is 2.77. The normalized spacial score (nSPS) is 14.4. The number of hydrogen-bond donors (Lipinski definition) is 2. The Morgan fingerprint density at radius 1 is 0.871 bits per heavy atom. The van der Waals surface area contributed by atoms with Gasteiger partial charge in [-0.1, -0.05) is 35.3 Å². The van der Waals surface area contributed by atoms with Crippen molar-refractivity contribution in [2.75, 3.05) is 48.8 Å². The van der Waals surface area contributed by atoms with Gasteiger partial charge in [-0.2, -0.15) is 0 Å². The van der Waals surface area contributed by atoms with Crippen LogP contribution in [0.5, 0.6) is 0 Å². The van der Waals surface area contributed by atoms with Gasteiger partial charge in [0.25, 0.3) is 0 Å². The molecule has 0 aliphatic carbocycles. The number of piperazine rings is 1. The van der Waals surface area contributed by atoms with Crippen molar-refractivity contribution in [2.45, 2.75) is 0 Å². The summed E-state index contributed by atoms with van der Waals surface area (Å²) in [7, 11) is 2.12. The second-order valence-corrected chi connectivity index (χ2v) is 8.17. The topological polar surface area (TPSA) is 73.4 Å². The van der Waals surface area contributed by atoms with Crippen LogP contribution in [0.4, 0.5) is 22.0 Å². The van der Waals surface area contributed by atoms with E-state index in [1.165, 1.54) is 0 Å². The van der Waals surface area contributed by atoms with Gasteiger partial charge < -0.3 is 20.4 Å². The van der Waals surface area contributed by atoms with Crippen molar-refractivity contribution in [1.82, 2.24) is 15.1 Å². The van der Waals surface area contributed by atoms with Gasteiger partial charge in [-0.15, -0.1) is 10.2 Å². The Bertz CT molecular complexity index is 1070. The summed E-state index contributed by atoms with van der Waals surface area (Å²) in [5, 5.41) is 15.1. The number of amides is 2. The molecule has 9 heteroatoms. The molecule has 1 fully saturated rings. The first kappa shape index (κ1) is 21.4. The third-order valence-corrected chi connectivity index (χ3v) is 5.81. The van der Waals surface area contributed by atoms with Gasteiger partial charge >= 0.3 is 6.03 Å². The van der Waals surface area contributed by atoms with E-state index in [1.807, 2.05) is 36.4 Å². The minimum absolute atomic E-state index is 0.375. The zero-order chi connectivity index (χ0) is 21.8. The third kappa shape index (κ3) is 5.44. The molecule has 2 amide bonds. The largest absolute Gasteiger partial charge is 0.353 e. The van der Waals surface area contributed by atoms with E-state index in [-0.39, 0.29) is 6.03 Å². The number of hydrogen-bond acceptors (Lipinski definition) is 5. The highest BCUT2D eigenvalue weighted by Gasteiger charge is 2.16. The minimum Gasteiger partial charge on any atom is -0.353 e. The quantitative estimate of drug-likeness (QED) is 0.586. The predicted octanol–water partition coefficient (Wildman–Crippen LogP) is 4.85. The van der Waals surface area contributed by atoms with Gasteiger partial charge in [-0.25, -0.2) is 4.79 Å². The number of carbonyl (C=O) groups is 1. The zero-order valence-corrected chi connectivity index (χ0v) is 18.5. The number of rotatable bonds is 4. The zero-order valence-electron chi connectivity index (χ0n) is 17.0. The number of likely N-dealkylation sites (N-methyl/N-ethyl adjacent to an activating group) is 1. The van der Waals surface area contributed by atoms with Crippen LogP contribution in [0.1, 0.15) is 0 Å². The Kier molecular flexibility index (Phi) is 6.56. The van der Waals surface area contributed by atoms with Gasteiger partial charge in [0.1, 0.15) is 0 Å². The van der Waals surface area contributed by atoms with Crippen LogP contribution in [0.25, 0.3) is 11.3 Å². The van der Waals surface area contributed by atoms with E-state index in [9.17, 15) is 4.79 Å². The molecule has 4 rings (SSSR count). The molecule has 1 aliphatic heterocycles. The molecule has 0 atom stereocenters. The number of nitrogens with one attached hydrogen (secondary N) is 2. The molecule has 1 saturated heterocycles. The maximum Gasteiger partial charge on any atom is 0.323 e. The molecule has 3 aromatic rings. The molecule has 1 aliphatic rings. The molecule has 0 radical (unpaired) electrons. The summed E-state index contributed by atoms with van der Waals surface area (Å²) < 4.78 is 0. The molecule has 2 heterocycles. The lowest BCUT2D eigenvalue weighted by Crippen LogP contribution is -2.44. The summed E-state index contributed by atoms with van der Waals surface area (Å²) in [6.07, 6.45) is 0. The van der Waals surface area contributed by atoms with E-state index in [4.69, 9.17) is 23.2 Å². The van der Waals surface area contributed by atoms with Crippen molar-refractivity contribution >= 4 is 46.4 Å². The first-order chi connectivity index (χ1) is 15.0. The van der Waals surface area contributed by atoms with Gasteiger partial charge in [-0.05, 0) is 49.5 Å². The molecule has 0 bridgehead atoms. The molecule has 1 aromatic heterocycles. The number of nitrogens with zero attached hydrogens (tertiary/aromatic N) is 4. The highest BCUT2D eigenvalue weighted by Crippen LogP contribution is 2.26. The van der Waals surface area contributed by atoms with Crippen molar-refractivity contribution in [1.29, 1.82) is 0 Å². The van der Waals surface area contributed by atoms with E-state index in [1.54, 1.807) is 18.2 Å². The molecule has 0 saturated carbocycles. The Labute approximate surface area is 191 Å². The van der Waals surface area contributed by atoms with Gasteiger partial charge in [0.05, 0.1) is 15.7 Å². The van der Waals surface area contributed by atoms with Crippen LogP contribution in [-0.2, 0) is 0 Å². The Hall–Kier alpha value is -2.87. The van der Waals surface area contributed by atoms with Crippen LogP contribution in [0.3, 0.4) is 0 Å². The summed E-state index contributed by atoms with van der Waals surface area (Å²) in [6, 6.07) is 15.9. The van der Waals surface area contributed by atoms with E-state index < -0.39 is 0 Å². The monoisotopic (exact) mass is 456 g/mol. The molecule has 7 nitrogen and oxygen atoms in total. The molecule has 160 valence electrons. The summed E-state index contributed by atoms with van der Waals surface area (Å²) in [5.74, 6) is 0.882.